The summed E-state index contributed by atoms with van der Waals surface area (Å²) in [5.74, 6) is -0.395. The van der Waals surface area contributed by atoms with Crippen LogP contribution in [0.15, 0.2) is 18.2 Å². The number of esters is 1. The summed E-state index contributed by atoms with van der Waals surface area (Å²) >= 11 is 0. The predicted octanol–water partition coefficient (Wildman–Crippen LogP) is 1.90. The van der Waals surface area contributed by atoms with E-state index in [-0.39, 0.29) is 5.91 Å². The first kappa shape index (κ1) is 18.0. The van der Waals surface area contributed by atoms with Gasteiger partial charge in [-0.05, 0) is 57.8 Å². The minimum atomic E-state index is -0.605. The molecule has 0 N–H and O–H groups in total. The lowest BCUT2D eigenvalue weighted by Gasteiger charge is -2.32. The molecule has 0 spiro atoms. The third kappa shape index (κ3) is 3.18. The van der Waals surface area contributed by atoms with Gasteiger partial charge < -0.3 is 18.9 Å². The quantitative estimate of drug-likeness (QED) is 0.618. The second-order valence-electron chi connectivity index (χ2n) is 7.54. The van der Waals surface area contributed by atoms with Crippen molar-refractivity contribution in [2.24, 2.45) is 0 Å². The Labute approximate surface area is 148 Å². The number of rotatable bonds is 3. The normalized spacial score (nSPS) is 21.7. The van der Waals surface area contributed by atoms with Gasteiger partial charge in [0.2, 0.25) is 5.91 Å². The minimum Gasteiger partial charge on any atom is -0.465 e. The monoisotopic (exact) mass is 345 g/mol. The van der Waals surface area contributed by atoms with Crippen LogP contribution in [0.1, 0.15) is 50.9 Å². The number of carbonyl (C=O) groups is 2. The number of hydrogen-bond donors (Lipinski definition) is 0. The van der Waals surface area contributed by atoms with Crippen LogP contribution >= 0.6 is 0 Å². The zero-order valence-electron chi connectivity index (χ0n) is 15.4. The Morgan fingerprint density at radius 2 is 1.80 bits per heavy atom. The van der Waals surface area contributed by atoms with Gasteiger partial charge in [0.1, 0.15) is 0 Å². The van der Waals surface area contributed by atoms with Gasteiger partial charge in [-0.1, -0.05) is 0 Å². The van der Waals surface area contributed by atoms with Crippen molar-refractivity contribution in [2.45, 2.75) is 51.7 Å². The maximum atomic E-state index is 12.1. The van der Waals surface area contributed by atoms with Crippen molar-refractivity contribution in [3.63, 3.8) is 0 Å². The van der Waals surface area contributed by atoms with Gasteiger partial charge >= 0.3 is 13.1 Å². The molecule has 7 heteroatoms. The topological polar surface area (TPSA) is 65.1 Å². The second-order valence-corrected chi connectivity index (χ2v) is 7.54. The molecule has 2 heterocycles. The predicted molar refractivity (Wildman–Crippen MR) is 95.1 cm³/mol. The van der Waals surface area contributed by atoms with Gasteiger partial charge in [0.25, 0.3) is 0 Å². The maximum Gasteiger partial charge on any atom is 0.494 e. The largest absolute Gasteiger partial charge is 0.494 e. The van der Waals surface area contributed by atoms with Gasteiger partial charge in [0.05, 0.1) is 23.9 Å². The Kier molecular flexibility index (Phi) is 4.41. The summed E-state index contributed by atoms with van der Waals surface area (Å²) in [4.78, 5) is 25.9. The van der Waals surface area contributed by atoms with Gasteiger partial charge in [-0.3, -0.25) is 4.79 Å². The summed E-state index contributed by atoms with van der Waals surface area (Å²) < 4.78 is 17.0. The number of ether oxygens (including phenoxy) is 1. The van der Waals surface area contributed by atoms with Crippen LogP contribution in [0.25, 0.3) is 0 Å². The molecule has 0 radical (unpaired) electrons. The van der Waals surface area contributed by atoms with Crippen LogP contribution in [-0.2, 0) is 18.8 Å². The molecule has 2 aliphatic rings. The summed E-state index contributed by atoms with van der Waals surface area (Å²) in [6, 6.07) is 5.25. The lowest BCUT2D eigenvalue weighted by molar-refractivity contribution is -0.117. The van der Waals surface area contributed by atoms with E-state index in [0.29, 0.717) is 29.7 Å². The molecule has 1 aromatic rings. The summed E-state index contributed by atoms with van der Waals surface area (Å²) in [5.41, 5.74) is 0.793. The van der Waals surface area contributed by atoms with E-state index >= 15 is 0 Å². The molecule has 0 atom stereocenters. The van der Waals surface area contributed by atoms with E-state index in [1.807, 2.05) is 33.8 Å². The van der Waals surface area contributed by atoms with E-state index in [2.05, 4.69) is 0 Å². The first-order valence-corrected chi connectivity index (χ1v) is 8.54. The van der Waals surface area contributed by atoms with Crippen molar-refractivity contribution in [3.05, 3.63) is 23.8 Å². The highest BCUT2D eigenvalue weighted by Gasteiger charge is 2.52. The number of amides is 1. The van der Waals surface area contributed by atoms with E-state index in [0.717, 1.165) is 6.42 Å². The summed E-state index contributed by atoms with van der Waals surface area (Å²) in [7, 11) is 0.732. The van der Waals surface area contributed by atoms with Crippen molar-refractivity contribution in [2.75, 3.05) is 18.6 Å². The SMILES string of the molecule is COC(=O)c1cc(B2OC(C)(C)C(C)(C)O2)cc(N2CCCC2=O)c1. The van der Waals surface area contributed by atoms with Crippen LogP contribution in [0.5, 0.6) is 0 Å². The van der Waals surface area contributed by atoms with Gasteiger partial charge in [-0.2, -0.15) is 0 Å². The summed E-state index contributed by atoms with van der Waals surface area (Å²) in [6.45, 7) is 8.54. The fourth-order valence-corrected chi connectivity index (χ4v) is 3.06. The van der Waals surface area contributed by atoms with Crippen molar-refractivity contribution in [3.8, 4) is 0 Å². The van der Waals surface area contributed by atoms with Gasteiger partial charge in [-0.15, -0.1) is 0 Å². The van der Waals surface area contributed by atoms with E-state index in [1.165, 1.54) is 7.11 Å². The van der Waals surface area contributed by atoms with Crippen LogP contribution in [0.4, 0.5) is 5.69 Å². The van der Waals surface area contributed by atoms with Crippen molar-refractivity contribution >= 4 is 30.1 Å². The maximum absolute atomic E-state index is 12.1. The highest BCUT2D eigenvalue weighted by molar-refractivity contribution is 6.62. The molecule has 0 bridgehead atoms. The van der Waals surface area contributed by atoms with E-state index < -0.39 is 24.3 Å². The van der Waals surface area contributed by atoms with Crippen LogP contribution in [0, 0.1) is 0 Å². The second kappa shape index (κ2) is 6.14. The molecular formula is C18H24BNO5. The summed E-state index contributed by atoms with van der Waals surface area (Å²) in [5, 5.41) is 0. The number of benzene rings is 1. The highest BCUT2D eigenvalue weighted by Crippen LogP contribution is 2.37. The number of anilines is 1. The van der Waals surface area contributed by atoms with Gasteiger partial charge in [-0.25, -0.2) is 4.79 Å². The molecular weight excluding hydrogens is 321 g/mol. The minimum absolute atomic E-state index is 0.0573. The molecule has 134 valence electrons. The third-order valence-corrected chi connectivity index (χ3v) is 5.27. The average Bonchev–Trinajstić information content (AvgIpc) is 3.06. The average molecular weight is 345 g/mol. The van der Waals surface area contributed by atoms with Crippen molar-refractivity contribution in [1.29, 1.82) is 0 Å². The van der Waals surface area contributed by atoms with E-state index in [1.54, 1.807) is 17.0 Å². The zero-order chi connectivity index (χ0) is 18.4. The van der Waals surface area contributed by atoms with E-state index in [4.69, 9.17) is 14.0 Å². The Bertz CT molecular complexity index is 699. The molecule has 2 saturated heterocycles. The third-order valence-electron chi connectivity index (χ3n) is 5.27. The Balaban J connectivity index is 2.01. The summed E-state index contributed by atoms with van der Waals surface area (Å²) in [6.07, 6.45) is 1.33. The Morgan fingerprint density at radius 3 is 2.32 bits per heavy atom. The van der Waals surface area contributed by atoms with Crippen LogP contribution in [0.2, 0.25) is 0 Å². The number of carbonyl (C=O) groups excluding carboxylic acids is 2. The fourth-order valence-electron chi connectivity index (χ4n) is 3.06. The Morgan fingerprint density at radius 1 is 1.16 bits per heavy atom. The van der Waals surface area contributed by atoms with Crippen molar-refractivity contribution in [1.82, 2.24) is 0 Å². The Hall–Kier alpha value is -1.86. The molecule has 3 rings (SSSR count). The molecule has 0 saturated carbocycles. The van der Waals surface area contributed by atoms with Crippen LogP contribution in [-0.4, -0.2) is 43.9 Å². The standard InChI is InChI=1S/C18H24BNO5/c1-17(2)18(3,4)25-19(24-17)13-9-12(16(22)23-5)10-14(11-13)20-8-6-7-15(20)21/h9-11H,6-8H2,1-5H3. The van der Waals surface area contributed by atoms with Crippen LogP contribution < -0.4 is 10.4 Å². The first-order chi connectivity index (χ1) is 11.6. The zero-order valence-corrected chi connectivity index (χ0v) is 15.4. The first-order valence-electron chi connectivity index (χ1n) is 8.54. The molecule has 2 fully saturated rings. The number of methoxy groups -OCH3 is 1. The van der Waals surface area contributed by atoms with Gasteiger partial charge in [0, 0.05) is 18.7 Å². The molecule has 2 aliphatic heterocycles. The molecule has 0 aromatic heterocycles. The van der Waals surface area contributed by atoms with Gasteiger partial charge in [0.15, 0.2) is 0 Å². The molecule has 1 aromatic carbocycles. The molecule has 6 nitrogen and oxygen atoms in total. The molecule has 25 heavy (non-hydrogen) atoms. The number of nitrogens with zero attached hydrogens (tertiary/aromatic N) is 1. The van der Waals surface area contributed by atoms with Crippen molar-refractivity contribution < 1.29 is 23.6 Å². The lowest BCUT2D eigenvalue weighted by atomic mass is 9.78. The van der Waals surface area contributed by atoms with E-state index in [9.17, 15) is 9.59 Å². The fraction of sp³-hybridized carbons (Fsp3) is 0.556. The molecule has 0 aliphatic carbocycles. The highest BCUT2D eigenvalue weighted by atomic mass is 16.7. The molecule has 1 amide bonds. The van der Waals surface area contributed by atoms with Crippen LogP contribution in [0.3, 0.4) is 0 Å². The number of hydrogen-bond acceptors (Lipinski definition) is 5. The smallest absolute Gasteiger partial charge is 0.465 e. The molecule has 0 unspecified atom stereocenters. The lowest BCUT2D eigenvalue weighted by Crippen LogP contribution is -2.41.